The molecule has 0 radical (unpaired) electrons. The van der Waals surface area contributed by atoms with Crippen molar-refractivity contribution in [3.8, 4) is 0 Å². The third-order valence-corrected chi connectivity index (χ3v) is 4.71. The van der Waals surface area contributed by atoms with Crippen LogP contribution in [0.1, 0.15) is 11.4 Å². The Morgan fingerprint density at radius 1 is 1.25 bits per heavy atom. The molecule has 0 aromatic carbocycles. The molecule has 5 nitrogen and oxygen atoms in total. The van der Waals surface area contributed by atoms with Gasteiger partial charge in [0.2, 0.25) is 0 Å². The lowest BCUT2D eigenvalue weighted by Gasteiger charge is -2.07. The molecule has 0 spiro atoms. The van der Waals surface area contributed by atoms with E-state index in [0.29, 0.717) is 6.54 Å². The summed E-state index contributed by atoms with van der Waals surface area (Å²) in [6, 6.07) is 3.98. The van der Waals surface area contributed by atoms with E-state index in [9.17, 15) is 0 Å². The molecule has 1 aliphatic heterocycles. The van der Waals surface area contributed by atoms with Gasteiger partial charge in [-0.3, -0.25) is 4.98 Å². The SMILES string of the molecule is Brc1ccc(Cn2nc3c4c(ncnc42)SCC3)nc1. The third-order valence-electron chi connectivity index (χ3n) is 3.25. The molecule has 0 N–H and O–H groups in total. The highest BCUT2D eigenvalue weighted by Crippen LogP contribution is 2.32. The zero-order valence-corrected chi connectivity index (χ0v) is 12.9. The summed E-state index contributed by atoms with van der Waals surface area (Å²) < 4.78 is 2.91. The molecule has 3 aromatic rings. The maximum absolute atomic E-state index is 4.69. The molecule has 0 atom stereocenters. The van der Waals surface area contributed by atoms with E-state index in [4.69, 9.17) is 0 Å². The Morgan fingerprint density at radius 3 is 3.05 bits per heavy atom. The van der Waals surface area contributed by atoms with Crippen molar-refractivity contribution in [2.75, 3.05) is 5.75 Å². The molecule has 4 rings (SSSR count). The maximum Gasteiger partial charge on any atom is 0.162 e. The minimum atomic E-state index is 0.630. The van der Waals surface area contributed by atoms with Gasteiger partial charge in [-0.1, -0.05) is 0 Å². The summed E-state index contributed by atoms with van der Waals surface area (Å²) in [6.45, 7) is 0.630. The van der Waals surface area contributed by atoms with Crippen LogP contribution in [0.2, 0.25) is 0 Å². The minimum Gasteiger partial charge on any atom is -0.258 e. The number of pyridine rings is 1. The van der Waals surface area contributed by atoms with Gasteiger partial charge in [0.05, 0.1) is 23.3 Å². The number of halogens is 1. The molecular formula is C13H10BrN5S. The van der Waals surface area contributed by atoms with Crippen LogP contribution in [0.25, 0.3) is 11.0 Å². The summed E-state index contributed by atoms with van der Waals surface area (Å²) in [4.78, 5) is 13.1. The average molecular weight is 348 g/mol. The van der Waals surface area contributed by atoms with E-state index in [1.54, 1.807) is 24.3 Å². The molecule has 7 heteroatoms. The predicted molar refractivity (Wildman–Crippen MR) is 80.8 cm³/mol. The number of hydrogen-bond donors (Lipinski definition) is 0. The van der Waals surface area contributed by atoms with Gasteiger partial charge in [0.1, 0.15) is 11.4 Å². The summed E-state index contributed by atoms with van der Waals surface area (Å²) in [6.07, 6.45) is 4.39. The first-order chi connectivity index (χ1) is 9.81. The zero-order chi connectivity index (χ0) is 13.5. The lowest BCUT2D eigenvalue weighted by Crippen LogP contribution is -2.04. The van der Waals surface area contributed by atoms with E-state index >= 15 is 0 Å². The largest absolute Gasteiger partial charge is 0.258 e. The highest BCUT2D eigenvalue weighted by atomic mass is 79.9. The van der Waals surface area contributed by atoms with Gasteiger partial charge < -0.3 is 0 Å². The molecule has 0 unspecified atom stereocenters. The monoisotopic (exact) mass is 347 g/mol. The average Bonchev–Trinajstić information content (AvgIpc) is 2.82. The van der Waals surface area contributed by atoms with Crippen molar-refractivity contribution in [1.82, 2.24) is 24.7 Å². The number of nitrogens with zero attached hydrogens (tertiary/aromatic N) is 5. The third kappa shape index (κ3) is 2.01. The van der Waals surface area contributed by atoms with Gasteiger partial charge in [-0.05, 0) is 28.1 Å². The molecule has 0 amide bonds. The van der Waals surface area contributed by atoms with E-state index in [1.807, 2.05) is 16.8 Å². The zero-order valence-electron chi connectivity index (χ0n) is 10.5. The van der Waals surface area contributed by atoms with E-state index in [2.05, 4.69) is 36.0 Å². The van der Waals surface area contributed by atoms with Crippen LogP contribution < -0.4 is 0 Å². The van der Waals surface area contributed by atoms with E-state index in [1.165, 1.54) is 0 Å². The van der Waals surface area contributed by atoms with Crippen molar-refractivity contribution in [3.05, 3.63) is 40.5 Å². The van der Waals surface area contributed by atoms with Crippen molar-refractivity contribution in [3.63, 3.8) is 0 Å². The minimum absolute atomic E-state index is 0.630. The second-order valence-electron chi connectivity index (χ2n) is 4.55. The molecule has 0 saturated carbocycles. The van der Waals surface area contributed by atoms with Gasteiger partial charge in [0, 0.05) is 22.8 Å². The summed E-state index contributed by atoms with van der Waals surface area (Å²) in [7, 11) is 0. The van der Waals surface area contributed by atoms with Gasteiger partial charge in [-0.15, -0.1) is 11.8 Å². The normalized spacial score (nSPS) is 13.8. The Kier molecular flexibility index (Phi) is 2.96. The van der Waals surface area contributed by atoms with E-state index in [-0.39, 0.29) is 0 Å². The van der Waals surface area contributed by atoms with Crippen LogP contribution in [0.15, 0.2) is 34.2 Å². The Bertz CT molecular complexity index is 783. The predicted octanol–water partition coefficient (Wildman–Crippen LogP) is 2.68. The summed E-state index contributed by atoms with van der Waals surface area (Å²) in [5.74, 6) is 1.03. The van der Waals surface area contributed by atoms with E-state index < -0.39 is 0 Å². The fraction of sp³-hybridized carbons (Fsp3) is 0.231. The highest BCUT2D eigenvalue weighted by Gasteiger charge is 2.20. The van der Waals surface area contributed by atoms with Gasteiger partial charge in [-0.25, -0.2) is 14.6 Å². The topological polar surface area (TPSA) is 56.5 Å². The Hall–Kier alpha value is -1.47. The molecule has 0 saturated heterocycles. The molecule has 0 bridgehead atoms. The molecule has 20 heavy (non-hydrogen) atoms. The second-order valence-corrected chi connectivity index (χ2v) is 6.55. The first-order valence-electron chi connectivity index (χ1n) is 6.25. The fourth-order valence-electron chi connectivity index (χ4n) is 2.34. The number of thioether (sulfide) groups is 1. The van der Waals surface area contributed by atoms with Crippen molar-refractivity contribution in [2.24, 2.45) is 0 Å². The highest BCUT2D eigenvalue weighted by molar-refractivity contribution is 9.10. The molecule has 3 aromatic heterocycles. The smallest absolute Gasteiger partial charge is 0.162 e. The number of aryl methyl sites for hydroxylation is 1. The van der Waals surface area contributed by atoms with Crippen LogP contribution in [0.3, 0.4) is 0 Å². The van der Waals surface area contributed by atoms with Gasteiger partial charge in [-0.2, -0.15) is 5.10 Å². The molecule has 0 fully saturated rings. The van der Waals surface area contributed by atoms with Crippen LogP contribution >= 0.6 is 27.7 Å². The summed E-state index contributed by atoms with van der Waals surface area (Å²) >= 11 is 5.17. The number of rotatable bonds is 2. The Labute approximate surface area is 128 Å². The number of aromatic nitrogens is 5. The van der Waals surface area contributed by atoms with Crippen LogP contribution in [-0.2, 0) is 13.0 Å². The first kappa shape index (κ1) is 12.3. The van der Waals surface area contributed by atoms with Gasteiger partial charge in [0.25, 0.3) is 0 Å². The molecule has 0 aliphatic carbocycles. The second kappa shape index (κ2) is 4.82. The van der Waals surface area contributed by atoms with E-state index in [0.717, 1.165) is 44.1 Å². The first-order valence-corrected chi connectivity index (χ1v) is 8.03. The standard InChI is InChI=1S/C13H10BrN5S/c14-8-1-2-9(15-5-8)6-19-12-11-10(18-19)3-4-20-13(11)17-7-16-12/h1-2,5,7H,3-4,6H2. The van der Waals surface area contributed by atoms with Crippen LogP contribution in [0.4, 0.5) is 0 Å². The molecule has 1 aliphatic rings. The Morgan fingerprint density at radius 2 is 2.20 bits per heavy atom. The van der Waals surface area contributed by atoms with Gasteiger partial charge >= 0.3 is 0 Å². The summed E-state index contributed by atoms with van der Waals surface area (Å²) in [5.41, 5.74) is 2.98. The van der Waals surface area contributed by atoms with Crippen LogP contribution in [0, 0.1) is 0 Å². The Balaban J connectivity index is 1.81. The van der Waals surface area contributed by atoms with Crippen molar-refractivity contribution in [1.29, 1.82) is 0 Å². The van der Waals surface area contributed by atoms with Crippen LogP contribution in [-0.4, -0.2) is 30.5 Å². The maximum atomic E-state index is 4.69. The molecule has 100 valence electrons. The molecular weight excluding hydrogens is 338 g/mol. The van der Waals surface area contributed by atoms with Gasteiger partial charge in [0.15, 0.2) is 5.65 Å². The fourth-order valence-corrected chi connectivity index (χ4v) is 3.54. The van der Waals surface area contributed by atoms with Crippen LogP contribution in [0.5, 0.6) is 0 Å². The van der Waals surface area contributed by atoms with Crippen molar-refractivity contribution >= 4 is 38.7 Å². The number of hydrogen-bond acceptors (Lipinski definition) is 5. The summed E-state index contributed by atoms with van der Waals surface area (Å²) in [5, 5.41) is 6.85. The lowest BCUT2D eigenvalue weighted by atomic mass is 10.2. The lowest BCUT2D eigenvalue weighted by molar-refractivity contribution is 0.676. The molecule has 4 heterocycles. The quantitative estimate of drug-likeness (QED) is 0.667. The van der Waals surface area contributed by atoms with Crippen molar-refractivity contribution in [2.45, 2.75) is 18.0 Å². The van der Waals surface area contributed by atoms with Crippen molar-refractivity contribution < 1.29 is 0 Å².